The minimum absolute atomic E-state index is 0.0300. The van der Waals surface area contributed by atoms with Gasteiger partial charge in [0, 0.05) is 25.3 Å². The summed E-state index contributed by atoms with van der Waals surface area (Å²) in [7, 11) is 0. The highest BCUT2D eigenvalue weighted by molar-refractivity contribution is 6.38. The summed E-state index contributed by atoms with van der Waals surface area (Å²) in [5.74, 6) is -2.05. The third-order valence-corrected chi connectivity index (χ3v) is 4.19. The number of nitrogens with two attached hydrogens (primary N) is 1. The average molecular weight is 340 g/mol. The molecule has 1 aliphatic carbocycles. The minimum Gasteiger partial charge on any atom is -0.477 e. The topological polar surface area (TPSA) is 97.3 Å². The number of carboxylic acids is 1. The zero-order valence-electron chi connectivity index (χ0n) is 12.1. The van der Waals surface area contributed by atoms with Gasteiger partial charge in [-0.05, 0) is 18.9 Å². The molecule has 1 aliphatic rings. The van der Waals surface area contributed by atoms with Crippen LogP contribution in [0.2, 0.25) is 5.02 Å². The summed E-state index contributed by atoms with van der Waals surface area (Å²) in [5.41, 5.74) is 4.70. The number of halogens is 2. The Labute approximate surface area is 135 Å². The van der Waals surface area contributed by atoms with Gasteiger partial charge in [-0.1, -0.05) is 11.6 Å². The Morgan fingerprint density at radius 3 is 2.78 bits per heavy atom. The molecule has 4 N–H and O–H groups in total. The first kappa shape index (κ1) is 15.8. The maximum atomic E-state index is 14.3. The Bertz CT molecular complexity index is 861. The van der Waals surface area contributed by atoms with Crippen molar-refractivity contribution in [2.45, 2.75) is 18.9 Å². The fourth-order valence-electron chi connectivity index (χ4n) is 2.59. The predicted molar refractivity (Wildman–Crippen MR) is 86.0 cm³/mol. The highest BCUT2D eigenvalue weighted by atomic mass is 35.5. The molecule has 0 amide bonds. The van der Waals surface area contributed by atoms with E-state index in [0.29, 0.717) is 18.6 Å². The van der Waals surface area contributed by atoms with Gasteiger partial charge in [-0.2, -0.15) is 0 Å². The van der Waals surface area contributed by atoms with Gasteiger partial charge in [0.1, 0.15) is 11.4 Å². The maximum Gasteiger partial charge on any atom is 0.341 e. The van der Waals surface area contributed by atoms with Crippen LogP contribution >= 0.6 is 11.6 Å². The van der Waals surface area contributed by atoms with E-state index in [9.17, 15) is 19.1 Å². The average Bonchev–Trinajstić information content (AvgIpc) is 3.32. The first-order valence-corrected chi connectivity index (χ1v) is 7.57. The summed E-state index contributed by atoms with van der Waals surface area (Å²) < 4.78 is 15.9. The molecule has 0 atom stereocenters. The molecule has 0 unspecified atom stereocenters. The van der Waals surface area contributed by atoms with Crippen LogP contribution in [-0.4, -0.2) is 28.7 Å². The van der Waals surface area contributed by atoms with Gasteiger partial charge in [0.25, 0.3) is 0 Å². The normalized spacial score (nSPS) is 14.2. The van der Waals surface area contributed by atoms with Crippen LogP contribution < -0.4 is 16.5 Å². The van der Waals surface area contributed by atoms with E-state index in [0.717, 1.165) is 18.9 Å². The molecule has 1 fully saturated rings. The van der Waals surface area contributed by atoms with Gasteiger partial charge in [-0.25, -0.2) is 9.18 Å². The van der Waals surface area contributed by atoms with Crippen LogP contribution in [-0.2, 0) is 0 Å². The van der Waals surface area contributed by atoms with Gasteiger partial charge in [-0.3, -0.25) is 4.79 Å². The van der Waals surface area contributed by atoms with Crippen molar-refractivity contribution in [3.8, 4) is 0 Å². The second kappa shape index (κ2) is 5.82. The van der Waals surface area contributed by atoms with E-state index in [4.69, 9.17) is 17.3 Å². The number of carbonyl (C=O) groups is 1. The van der Waals surface area contributed by atoms with Crippen LogP contribution in [0.5, 0.6) is 0 Å². The van der Waals surface area contributed by atoms with Crippen molar-refractivity contribution in [1.29, 1.82) is 0 Å². The van der Waals surface area contributed by atoms with Crippen molar-refractivity contribution in [2.75, 3.05) is 18.4 Å². The number of carboxylic acid groups (broad SMARTS) is 1. The third-order valence-electron chi connectivity index (χ3n) is 3.82. The minimum atomic E-state index is -1.34. The summed E-state index contributed by atoms with van der Waals surface area (Å²) >= 11 is 6.31. The second-order valence-electron chi connectivity index (χ2n) is 5.47. The number of nitrogens with one attached hydrogen (secondary N) is 1. The van der Waals surface area contributed by atoms with E-state index in [2.05, 4.69) is 5.32 Å². The van der Waals surface area contributed by atoms with Crippen molar-refractivity contribution in [3.05, 3.63) is 38.9 Å². The third kappa shape index (κ3) is 2.66. The lowest BCUT2D eigenvalue weighted by Gasteiger charge is -2.16. The number of hydrogen-bond acceptors (Lipinski definition) is 4. The molecule has 8 heteroatoms. The molecule has 23 heavy (non-hydrogen) atoms. The van der Waals surface area contributed by atoms with Gasteiger partial charge in [0.05, 0.1) is 21.6 Å². The number of pyridine rings is 1. The van der Waals surface area contributed by atoms with Gasteiger partial charge in [-0.15, -0.1) is 0 Å². The van der Waals surface area contributed by atoms with Crippen LogP contribution in [0, 0.1) is 5.82 Å². The molecule has 1 heterocycles. The highest BCUT2D eigenvalue weighted by Crippen LogP contribution is 2.41. The molecule has 1 aromatic heterocycles. The van der Waals surface area contributed by atoms with Crippen molar-refractivity contribution in [2.24, 2.45) is 5.73 Å². The number of anilines is 1. The Kier molecular flexibility index (Phi) is 3.99. The molecule has 1 saturated carbocycles. The van der Waals surface area contributed by atoms with Gasteiger partial charge < -0.3 is 20.7 Å². The SMILES string of the molecule is NCCNc1c(F)cc2c(=O)c(C(=O)O)cn(C3CC3)c2c1Cl. The highest BCUT2D eigenvalue weighted by Gasteiger charge is 2.29. The Balaban J connectivity index is 2.35. The quantitative estimate of drug-likeness (QED) is 0.776. The smallest absolute Gasteiger partial charge is 0.341 e. The molecule has 0 bridgehead atoms. The number of hydrogen-bond donors (Lipinski definition) is 3. The van der Waals surface area contributed by atoms with Crippen LogP contribution in [0.15, 0.2) is 17.1 Å². The van der Waals surface area contributed by atoms with E-state index in [1.54, 1.807) is 4.57 Å². The van der Waals surface area contributed by atoms with Crippen molar-refractivity contribution in [3.63, 3.8) is 0 Å². The lowest BCUT2D eigenvalue weighted by Crippen LogP contribution is -2.20. The summed E-state index contributed by atoms with van der Waals surface area (Å²) in [5, 5.41) is 12.0. The fraction of sp³-hybridized carbons (Fsp3) is 0.333. The largest absolute Gasteiger partial charge is 0.477 e. The summed E-state index contributed by atoms with van der Waals surface area (Å²) in [6.45, 7) is 0.615. The molecule has 0 radical (unpaired) electrons. The number of rotatable bonds is 5. The lowest BCUT2D eigenvalue weighted by atomic mass is 10.1. The van der Waals surface area contributed by atoms with E-state index in [-0.39, 0.29) is 27.7 Å². The molecule has 0 aliphatic heterocycles. The standard InChI is InChI=1S/C15H15ClFN3O3/c16-11-12(19-4-3-18)10(17)5-8-13(11)20(7-1-2-7)6-9(14(8)21)15(22)23/h5-7,19H,1-4,18H2,(H,22,23). The summed E-state index contributed by atoms with van der Waals surface area (Å²) in [6.07, 6.45) is 3.01. The lowest BCUT2D eigenvalue weighted by molar-refractivity contribution is 0.0695. The molecular formula is C15H15ClFN3O3. The van der Waals surface area contributed by atoms with Crippen LogP contribution in [0.1, 0.15) is 29.2 Å². The number of nitrogens with zero attached hydrogens (tertiary/aromatic N) is 1. The number of fused-ring (bicyclic) bond motifs is 1. The van der Waals surface area contributed by atoms with Gasteiger partial charge in [0.2, 0.25) is 5.43 Å². The fourth-order valence-corrected chi connectivity index (χ4v) is 2.95. The zero-order chi connectivity index (χ0) is 16.7. The maximum absolute atomic E-state index is 14.3. The molecule has 0 saturated heterocycles. The van der Waals surface area contributed by atoms with Crippen molar-refractivity contribution < 1.29 is 14.3 Å². The molecule has 1 aromatic carbocycles. The second-order valence-corrected chi connectivity index (χ2v) is 5.85. The zero-order valence-corrected chi connectivity index (χ0v) is 12.9. The Morgan fingerprint density at radius 2 is 2.22 bits per heavy atom. The monoisotopic (exact) mass is 339 g/mol. The van der Waals surface area contributed by atoms with Crippen molar-refractivity contribution >= 4 is 34.2 Å². The summed E-state index contributed by atoms with van der Waals surface area (Å²) in [6, 6.07) is 1.11. The first-order valence-electron chi connectivity index (χ1n) is 7.19. The first-order chi connectivity index (χ1) is 11.0. The van der Waals surface area contributed by atoms with Gasteiger partial charge in [0.15, 0.2) is 0 Å². The molecule has 3 rings (SSSR count). The Morgan fingerprint density at radius 1 is 1.52 bits per heavy atom. The van der Waals surface area contributed by atoms with Crippen LogP contribution in [0.3, 0.4) is 0 Å². The van der Waals surface area contributed by atoms with E-state index < -0.39 is 17.2 Å². The molecule has 0 spiro atoms. The van der Waals surface area contributed by atoms with E-state index >= 15 is 0 Å². The van der Waals surface area contributed by atoms with E-state index in [1.807, 2.05) is 0 Å². The molecule has 122 valence electrons. The summed E-state index contributed by atoms with van der Waals surface area (Å²) in [4.78, 5) is 23.6. The van der Waals surface area contributed by atoms with E-state index in [1.165, 1.54) is 6.20 Å². The Hall–Kier alpha value is -2.12. The molecule has 2 aromatic rings. The number of aromatic carboxylic acids is 1. The molecule has 6 nitrogen and oxygen atoms in total. The van der Waals surface area contributed by atoms with Gasteiger partial charge >= 0.3 is 5.97 Å². The number of benzene rings is 1. The van der Waals surface area contributed by atoms with Crippen molar-refractivity contribution in [1.82, 2.24) is 4.57 Å². The molecular weight excluding hydrogens is 325 g/mol. The predicted octanol–water partition coefficient (Wildman–Crippen LogP) is 2.20. The number of aromatic nitrogens is 1. The van der Waals surface area contributed by atoms with Crippen LogP contribution in [0.25, 0.3) is 10.9 Å². The van der Waals surface area contributed by atoms with Crippen LogP contribution in [0.4, 0.5) is 10.1 Å².